The molecule has 1 unspecified atom stereocenters. The third-order valence-electron chi connectivity index (χ3n) is 2.75. The first-order valence-corrected chi connectivity index (χ1v) is 4.03. The molecule has 2 aliphatic rings. The lowest BCUT2D eigenvalue weighted by molar-refractivity contribution is 0.550. The third-order valence-corrected chi connectivity index (χ3v) is 3.56. The number of hydrogen-bond donors (Lipinski definition) is 1. The minimum atomic E-state index is 0.766. The lowest BCUT2D eigenvalue weighted by Crippen LogP contribution is -2.05. The molecule has 8 heavy (non-hydrogen) atoms. The molecule has 0 saturated heterocycles. The minimum Gasteiger partial charge on any atom is -0.175 e. The van der Waals surface area contributed by atoms with Gasteiger partial charge in [-0.1, -0.05) is 6.42 Å². The molecule has 2 fully saturated rings. The van der Waals surface area contributed by atoms with Gasteiger partial charge in [0, 0.05) is 5.25 Å². The summed E-state index contributed by atoms with van der Waals surface area (Å²) in [5.74, 6) is 0. The maximum absolute atomic E-state index is 4.54. The topological polar surface area (TPSA) is 0 Å². The molecular formula is C7H12S. The average Bonchev–Trinajstić information content (AvgIpc) is 2.39. The van der Waals surface area contributed by atoms with Crippen LogP contribution in [-0.4, -0.2) is 5.25 Å². The van der Waals surface area contributed by atoms with Crippen LogP contribution < -0.4 is 0 Å². The monoisotopic (exact) mass is 128 g/mol. The first-order valence-electron chi connectivity index (χ1n) is 3.52. The van der Waals surface area contributed by atoms with Gasteiger partial charge in [-0.25, -0.2) is 0 Å². The summed E-state index contributed by atoms with van der Waals surface area (Å²) in [5.41, 5.74) is 0.767. The molecule has 46 valence electrons. The molecule has 0 aromatic rings. The van der Waals surface area contributed by atoms with E-state index in [-0.39, 0.29) is 0 Å². The van der Waals surface area contributed by atoms with Crippen LogP contribution in [0.3, 0.4) is 0 Å². The van der Waals surface area contributed by atoms with Crippen molar-refractivity contribution in [1.82, 2.24) is 0 Å². The molecule has 0 aromatic carbocycles. The zero-order chi connectivity index (χ0) is 5.61. The van der Waals surface area contributed by atoms with Crippen LogP contribution in [0.5, 0.6) is 0 Å². The Morgan fingerprint density at radius 2 is 2.00 bits per heavy atom. The lowest BCUT2D eigenvalue weighted by Gasteiger charge is -2.09. The first-order chi connectivity index (χ1) is 3.83. The van der Waals surface area contributed by atoms with Crippen LogP contribution in [0.2, 0.25) is 0 Å². The third kappa shape index (κ3) is 0.540. The van der Waals surface area contributed by atoms with Crippen LogP contribution in [-0.2, 0) is 0 Å². The molecule has 1 atom stereocenters. The molecule has 0 aliphatic heterocycles. The fourth-order valence-electron chi connectivity index (χ4n) is 1.86. The summed E-state index contributed by atoms with van der Waals surface area (Å²) in [6.45, 7) is 0. The first kappa shape index (κ1) is 5.16. The van der Waals surface area contributed by atoms with E-state index in [1.165, 1.54) is 32.1 Å². The van der Waals surface area contributed by atoms with Gasteiger partial charge in [0.25, 0.3) is 0 Å². The Hall–Kier alpha value is 0.350. The van der Waals surface area contributed by atoms with Crippen molar-refractivity contribution < 1.29 is 0 Å². The van der Waals surface area contributed by atoms with Gasteiger partial charge in [0.1, 0.15) is 0 Å². The van der Waals surface area contributed by atoms with E-state index in [1.54, 1.807) is 0 Å². The predicted molar refractivity (Wildman–Crippen MR) is 38.3 cm³/mol. The second kappa shape index (κ2) is 1.44. The van der Waals surface area contributed by atoms with Crippen molar-refractivity contribution in [2.75, 3.05) is 0 Å². The van der Waals surface area contributed by atoms with E-state index in [2.05, 4.69) is 12.6 Å². The maximum atomic E-state index is 4.54. The summed E-state index contributed by atoms with van der Waals surface area (Å²) in [5, 5.41) is 0.766. The smallest absolute Gasteiger partial charge is 0.00732 e. The molecule has 0 nitrogen and oxygen atoms in total. The Kier molecular flexibility index (Phi) is 0.928. The van der Waals surface area contributed by atoms with Crippen LogP contribution in [0.25, 0.3) is 0 Å². The summed E-state index contributed by atoms with van der Waals surface area (Å²) in [4.78, 5) is 0. The van der Waals surface area contributed by atoms with Crippen LogP contribution in [0.1, 0.15) is 32.1 Å². The Labute approximate surface area is 56.1 Å². The van der Waals surface area contributed by atoms with E-state index in [0.29, 0.717) is 0 Å². The average molecular weight is 128 g/mol. The van der Waals surface area contributed by atoms with Crippen molar-refractivity contribution >= 4 is 12.6 Å². The highest BCUT2D eigenvalue weighted by Gasteiger charge is 2.50. The summed E-state index contributed by atoms with van der Waals surface area (Å²) in [6.07, 6.45) is 7.24. The van der Waals surface area contributed by atoms with E-state index in [1.807, 2.05) is 0 Å². The van der Waals surface area contributed by atoms with E-state index >= 15 is 0 Å². The van der Waals surface area contributed by atoms with Crippen molar-refractivity contribution in [3.63, 3.8) is 0 Å². The Balaban J connectivity index is 2.12. The molecule has 0 N–H and O–H groups in total. The predicted octanol–water partition coefficient (Wildman–Crippen LogP) is 2.25. The fourth-order valence-corrected chi connectivity index (χ4v) is 2.43. The van der Waals surface area contributed by atoms with Gasteiger partial charge in [-0.2, -0.15) is 12.6 Å². The van der Waals surface area contributed by atoms with Crippen molar-refractivity contribution in [1.29, 1.82) is 0 Å². The van der Waals surface area contributed by atoms with E-state index in [9.17, 15) is 0 Å². The molecule has 1 heteroatoms. The minimum absolute atomic E-state index is 0.766. The van der Waals surface area contributed by atoms with Gasteiger partial charge in [-0.3, -0.25) is 0 Å². The van der Waals surface area contributed by atoms with Crippen molar-refractivity contribution in [3.8, 4) is 0 Å². The van der Waals surface area contributed by atoms with Gasteiger partial charge >= 0.3 is 0 Å². The van der Waals surface area contributed by atoms with Gasteiger partial charge in [0.2, 0.25) is 0 Å². The van der Waals surface area contributed by atoms with E-state index < -0.39 is 0 Å². The number of hydrogen-bond acceptors (Lipinski definition) is 1. The normalized spacial score (nSPS) is 40.9. The highest BCUT2D eigenvalue weighted by atomic mass is 32.1. The van der Waals surface area contributed by atoms with Gasteiger partial charge in [-0.15, -0.1) is 0 Å². The summed E-state index contributed by atoms with van der Waals surface area (Å²) >= 11 is 4.54. The van der Waals surface area contributed by atoms with Crippen molar-refractivity contribution in [2.24, 2.45) is 5.41 Å². The Morgan fingerprint density at radius 1 is 1.25 bits per heavy atom. The highest BCUT2D eigenvalue weighted by molar-refractivity contribution is 7.81. The van der Waals surface area contributed by atoms with Gasteiger partial charge in [0.05, 0.1) is 0 Å². The Morgan fingerprint density at radius 3 is 2.25 bits per heavy atom. The standard InChI is InChI=1S/C7H12S/c8-6-2-1-3-7(6)4-5-7/h6,8H,1-5H2. The SMILES string of the molecule is SC1CCCC12CC2. The van der Waals surface area contributed by atoms with Gasteiger partial charge < -0.3 is 0 Å². The lowest BCUT2D eigenvalue weighted by atomic mass is 10.1. The maximum Gasteiger partial charge on any atom is 0.00732 e. The molecule has 0 heterocycles. The van der Waals surface area contributed by atoms with Crippen molar-refractivity contribution in [3.05, 3.63) is 0 Å². The molecule has 0 radical (unpaired) electrons. The van der Waals surface area contributed by atoms with Crippen LogP contribution in [0.4, 0.5) is 0 Å². The van der Waals surface area contributed by atoms with Crippen LogP contribution in [0.15, 0.2) is 0 Å². The second-order valence-corrected chi connectivity index (χ2v) is 3.89. The summed E-state index contributed by atoms with van der Waals surface area (Å²) in [6, 6.07) is 0. The number of rotatable bonds is 0. The quantitative estimate of drug-likeness (QED) is 0.475. The Bertz CT molecular complexity index is 105. The van der Waals surface area contributed by atoms with Crippen LogP contribution >= 0.6 is 12.6 Å². The molecular weight excluding hydrogens is 116 g/mol. The summed E-state index contributed by atoms with van der Waals surface area (Å²) in [7, 11) is 0. The molecule has 1 spiro atoms. The fraction of sp³-hybridized carbons (Fsp3) is 1.00. The summed E-state index contributed by atoms with van der Waals surface area (Å²) < 4.78 is 0. The molecule has 2 aliphatic carbocycles. The highest BCUT2D eigenvalue weighted by Crippen LogP contribution is 2.59. The van der Waals surface area contributed by atoms with Crippen LogP contribution in [0, 0.1) is 5.41 Å². The largest absolute Gasteiger partial charge is 0.175 e. The second-order valence-electron chi connectivity index (χ2n) is 3.27. The van der Waals surface area contributed by atoms with Gasteiger partial charge in [-0.05, 0) is 31.1 Å². The zero-order valence-corrected chi connectivity index (χ0v) is 5.95. The molecule has 0 aromatic heterocycles. The molecule has 0 bridgehead atoms. The zero-order valence-electron chi connectivity index (χ0n) is 5.06. The van der Waals surface area contributed by atoms with Gasteiger partial charge in [0.15, 0.2) is 0 Å². The number of thiol groups is 1. The molecule has 2 rings (SSSR count). The van der Waals surface area contributed by atoms with E-state index in [4.69, 9.17) is 0 Å². The molecule has 0 amide bonds. The van der Waals surface area contributed by atoms with E-state index in [0.717, 1.165) is 10.7 Å². The van der Waals surface area contributed by atoms with Crippen molar-refractivity contribution in [2.45, 2.75) is 37.4 Å². The molecule has 2 saturated carbocycles.